The molecule has 4 aromatic rings. The van der Waals surface area contributed by atoms with Crippen LogP contribution in [0.2, 0.25) is 5.02 Å². The quantitative estimate of drug-likeness (QED) is 0.187. The van der Waals surface area contributed by atoms with Crippen LogP contribution >= 0.6 is 11.6 Å². The molecular formula is C29H30ClN7O4. The lowest BCUT2D eigenvalue weighted by atomic mass is 10.2. The van der Waals surface area contributed by atoms with E-state index < -0.39 is 0 Å². The molecule has 0 bridgehead atoms. The summed E-state index contributed by atoms with van der Waals surface area (Å²) in [5.41, 5.74) is 3.53. The Bertz CT molecular complexity index is 1500. The number of nitrogens with one attached hydrogen (secondary N) is 4. The van der Waals surface area contributed by atoms with Gasteiger partial charge in [-0.05, 0) is 36.4 Å². The van der Waals surface area contributed by atoms with E-state index in [2.05, 4.69) is 36.1 Å². The van der Waals surface area contributed by atoms with Crippen molar-refractivity contribution in [2.45, 2.75) is 0 Å². The van der Waals surface area contributed by atoms with E-state index in [1.807, 2.05) is 36.4 Å². The summed E-state index contributed by atoms with van der Waals surface area (Å²) in [5, 5.41) is 12.5. The molecule has 0 atom stereocenters. The lowest BCUT2D eigenvalue weighted by Gasteiger charge is -2.31. The minimum absolute atomic E-state index is 0.300. The Morgan fingerprint density at radius 3 is 2.39 bits per heavy atom. The summed E-state index contributed by atoms with van der Waals surface area (Å²) in [6.45, 7) is 2.73. The van der Waals surface area contributed by atoms with Crippen LogP contribution in [-0.4, -0.2) is 56.5 Å². The number of carbonyl (C=O) groups is 1. The van der Waals surface area contributed by atoms with Crippen LogP contribution in [0.1, 0.15) is 0 Å². The Balaban J connectivity index is 1.33. The monoisotopic (exact) mass is 575 g/mol. The van der Waals surface area contributed by atoms with Crippen LogP contribution < -0.4 is 35.6 Å². The van der Waals surface area contributed by atoms with Crippen LogP contribution in [0.3, 0.4) is 0 Å². The van der Waals surface area contributed by atoms with E-state index >= 15 is 0 Å². The number of morpholine rings is 1. The highest BCUT2D eigenvalue weighted by molar-refractivity contribution is 6.33. The lowest BCUT2D eigenvalue weighted by Crippen LogP contribution is -2.36. The number of hydrogen-bond acceptors (Lipinski definition) is 9. The second kappa shape index (κ2) is 13.1. The first-order valence-electron chi connectivity index (χ1n) is 12.9. The van der Waals surface area contributed by atoms with Crippen LogP contribution in [0, 0.1) is 0 Å². The Morgan fingerprint density at radius 1 is 0.878 bits per heavy atom. The predicted molar refractivity (Wildman–Crippen MR) is 162 cm³/mol. The fourth-order valence-corrected chi connectivity index (χ4v) is 4.49. The summed E-state index contributed by atoms with van der Waals surface area (Å²) in [6.07, 6.45) is 1.52. The molecule has 1 aromatic heterocycles. The predicted octanol–water partition coefficient (Wildman–Crippen LogP) is 6.12. The van der Waals surface area contributed by atoms with Gasteiger partial charge in [0.2, 0.25) is 5.95 Å². The normalized spacial score (nSPS) is 12.8. The lowest BCUT2D eigenvalue weighted by molar-refractivity contribution is 0.122. The Morgan fingerprint density at radius 2 is 1.63 bits per heavy atom. The number of amides is 2. The number of urea groups is 1. The summed E-state index contributed by atoms with van der Waals surface area (Å²) in [5.74, 6) is 1.93. The van der Waals surface area contributed by atoms with Crippen LogP contribution in [0.4, 0.5) is 45.0 Å². The Hall–Kier alpha value is -4.74. The van der Waals surface area contributed by atoms with E-state index in [9.17, 15) is 4.79 Å². The summed E-state index contributed by atoms with van der Waals surface area (Å²) >= 11 is 6.50. The highest BCUT2D eigenvalue weighted by atomic mass is 35.5. The molecule has 0 spiro atoms. The van der Waals surface area contributed by atoms with Crippen molar-refractivity contribution in [1.29, 1.82) is 0 Å². The molecule has 1 aliphatic heterocycles. The van der Waals surface area contributed by atoms with Crippen LogP contribution in [-0.2, 0) is 4.74 Å². The van der Waals surface area contributed by atoms with Gasteiger partial charge in [-0.25, -0.2) is 9.78 Å². The second-order valence-electron chi connectivity index (χ2n) is 8.96. The molecule has 5 rings (SSSR count). The van der Waals surface area contributed by atoms with Crippen molar-refractivity contribution in [1.82, 2.24) is 9.97 Å². The van der Waals surface area contributed by atoms with E-state index in [0.717, 1.165) is 30.2 Å². The van der Waals surface area contributed by atoms with E-state index in [1.165, 1.54) is 6.20 Å². The first-order chi connectivity index (χ1) is 20.0. The highest BCUT2D eigenvalue weighted by Crippen LogP contribution is 2.39. The average Bonchev–Trinajstić information content (AvgIpc) is 3.00. The molecule has 12 heteroatoms. The summed E-state index contributed by atoms with van der Waals surface area (Å²) in [4.78, 5) is 23.6. The number of halogens is 1. The molecule has 1 fully saturated rings. The number of carbonyl (C=O) groups excluding carboxylic acids is 1. The zero-order valence-corrected chi connectivity index (χ0v) is 23.4. The number of rotatable bonds is 9. The molecule has 0 saturated carbocycles. The van der Waals surface area contributed by atoms with Crippen molar-refractivity contribution in [3.63, 3.8) is 0 Å². The molecule has 4 N–H and O–H groups in total. The third kappa shape index (κ3) is 6.89. The first kappa shape index (κ1) is 27.8. The van der Waals surface area contributed by atoms with E-state index in [1.54, 1.807) is 44.6 Å². The van der Waals surface area contributed by atoms with Gasteiger partial charge in [0.25, 0.3) is 0 Å². The molecule has 2 amide bonds. The van der Waals surface area contributed by atoms with E-state index in [4.69, 9.17) is 25.8 Å². The maximum atomic E-state index is 12.4. The summed E-state index contributed by atoms with van der Waals surface area (Å²) in [6, 6.07) is 19.8. The number of aromatic nitrogens is 2. The number of para-hydroxylation sites is 2. The fraction of sp³-hybridized carbons (Fsp3) is 0.207. The number of nitrogens with zero attached hydrogens (tertiary/aromatic N) is 3. The summed E-state index contributed by atoms with van der Waals surface area (Å²) < 4.78 is 16.7. The van der Waals surface area contributed by atoms with Crippen molar-refractivity contribution in [2.75, 3.05) is 66.7 Å². The van der Waals surface area contributed by atoms with Gasteiger partial charge in [0, 0.05) is 30.5 Å². The SMILES string of the molecule is COc1cc(NC(=O)Nc2ccccc2)ccc1Nc1ncc(Cl)c(Nc2cccc(OC)c2N2CCOCC2)n1. The average molecular weight is 576 g/mol. The Kier molecular flexibility index (Phi) is 8.87. The van der Waals surface area contributed by atoms with Crippen molar-refractivity contribution in [3.8, 4) is 11.5 Å². The maximum absolute atomic E-state index is 12.4. The zero-order chi connectivity index (χ0) is 28.6. The van der Waals surface area contributed by atoms with Gasteiger partial charge in [-0.2, -0.15) is 4.98 Å². The summed E-state index contributed by atoms with van der Waals surface area (Å²) in [7, 11) is 3.19. The van der Waals surface area contributed by atoms with Gasteiger partial charge < -0.3 is 40.4 Å². The number of ether oxygens (including phenoxy) is 3. The smallest absolute Gasteiger partial charge is 0.323 e. The van der Waals surface area contributed by atoms with Crippen LogP contribution in [0.15, 0.2) is 72.9 Å². The van der Waals surface area contributed by atoms with Crippen molar-refractivity contribution < 1.29 is 19.0 Å². The highest BCUT2D eigenvalue weighted by Gasteiger charge is 2.20. The zero-order valence-electron chi connectivity index (χ0n) is 22.6. The van der Waals surface area contributed by atoms with E-state index in [0.29, 0.717) is 52.8 Å². The standard InChI is InChI=1S/C29H30ClN7O4/c1-39-24-10-6-9-23(26(24)37-13-15-41-16-14-37)34-27-21(30)18-31-28(36-27)35-22-12-11-20(17-25(22)40-2)33-29(38)32-19-7-4-3-5-8-19/h3-12,17-18H,13-16H2,1-2H3,(H2,32,33,38)(H2,31,34,35,36). The molecule has 11 nitrogen and oxygen atoms in total. The van der Waals surface area contributed by atoms with Gasteiger partial charge in [-0.3, -0.25) is 0 Å². The van der Waals surface area contributed by atoms with Crippen LogP contribution in [0.25, 0.3) is 0 Å². The number of anilines is 7. The van der Waals surface area contributed by atoms with Gasteiger partial charge >= 0.3 is 6.03 Å². The van der Waals surface area contributed by atoms with Gasteiger partial charge in [0.1, 0.15) is 22.2 Å². The number of benzene rings is 3. The third-order valence-corrected chi connectivity index (χ3v) is 6.56. The Labute approximate surface area is 242 Å². The molecule has 0 unspecified atom stereocenters. The maximum Gasteiger partial charge on any atom is 0.323 e. The van der Waals surface area contributed by atoms with Gasteiger partial charge in [-0.15, -0.1) is 0 Å². The molecule has 1 aliphatic rings. The molecule has 41 heavy (non-hydrogen) atoms. The van der Waals surface area contributed by atoms with Gasteiger partial charge in [0.05, 0.1) is 45.0 Å². The molecule has 1 saturated heterocycles. The van der Waals surface area contributed by atoms with Gasteiger partial charge in [-0.1, -0.05) is 35.9 Å². The molecule has 3 aromatic carbocycles. The largest absolute Gasteiger partial charge is 0.495 e. The van der Waals surface area contributed by atoms with Gasteiger partial charge in [0.15, 0.2) is 5.82 Å². The molecule has 212 valence electrons. The van der Waals surface area contributed by atoms with Crippen molar-refractivity contribution in [3.05, 3.63) is 77.9 Å². The number of methoxy groups -OCH3 is 2. The number of hydrogen-bond donors (Lipinski definition) is 4. The minimum atomic E-state index is -0.371. The molecule has 0 radical (unpaired) electrons. The topological polar surface area (TPSA) is 122 Å². The third-order valence-electron chi connectivity index (χ3n) is 6.28. The minimum Gasteiger partial charge on any atom is -0.495 e. The van der Waals surface area contributed by atoms with E-state index in [-0.39, 0.29) is 6.03 Å². The van der Waals surface area contributed by atoms with Crippen molar-refractivity contribution in [2.24, 2.45) is 0 Å². The first-order valence-corrected chi connectivity index (χ1v) is 13.3. The molecular weight excluding hydrogens is 546 g/mol. The van der Waals surface area contributed by atoms with Crippen LogP contribution in [0.5, 0.6) is 11.5 Å². The second-order valence-corrected chi connectivity index (χ2v) is 9.36. The fourth-order valence-electron chi connectivity index (χ4n) is 4.35. The molecule has 0 aliphatic carbocycles. The molecule has 2 heterocycles. The van der Waals surface area contributed by atoms with Crippen molar-refractivity contribution >= 4 is 57.8 Å².